The highest BCUT2D eigenvalue weighted by molar-refractivity contribution is 7.99. The van der Waals surface area contributed by atoms with Crippen molar-refractivity contribution in [1.82, 2.24) is 24.8 Å². The SMILES string of the molecule is CCC(C)C1COC(=O)N1C1CCN(C(=O)CSc2nccc(-c3ccccn3)n2)CC1. The molecule has 2 fully saturated rings. The fourth-order valence-corrected chi connectivity index (χ4v) is 4.99. The van der Waals surface area contributed by atoms with Crippen molar-refractivity contribution in [2.24, 2.45) is 5.92 Å². The molecule has 170 valence electrons. The summed E-state index contributed by atoms with van der Waals surface area (Å²) in [4.78, 5) is 42.0. The number of aromatic nitrogens is 3. The lowest BCUT2D eigenvalue weighted by Crippen LogP contribution is -2.51. The topological polar surface area (TPSA) is 88.5 Å². The first kappa shape index (κ1) is 22.5. The highest BCUT2D eigenvalue weighted by atomic mass is 32.2. The lowest BCUT2D eigenvalue weighted by atomic mass is 9.95. The van der Waals surface area contributed by atoms with Gasteiger partial charge in [-0.2, -0.15) is 0 Å². The van der Waals surface area contributed by atoms with E-state index < -0.39 is 0 Å². The molecule has 0 aromatic carbocycles. The molecular weight excluding hydrogens is 426 g/mol. The zero-order valence-electron chi connectivity index (χ0n) is 18.5. The quantitative estimate of drug-likeness (QED) is 0.466. The maximum Gasteiger partial charge on any atom is 0.410 e. The zero-order chi connectivity index (χ0) is 22.5. The number of likely N-dealkylation sites (tertiary alicyclic amines) is 1. The van der Waals surface area contributed by atoms with E-state index in [1.54, 1.807) is 12.4 Å². The zero-order valence-corrected chi connectivity index (χ0v) is 19.3. The first-order valence-corrected chi connectivity index (χ1v) is 12.2. The van der Waals surface area contributed by atoms with Crippen LogP contribution in [0.2, 0.25) is 0 Å². The Kier molecular flexibility index (Phi) is 7.24. The summed E-state index contributed by atoms with van der Waals surface area (Å²) >= 11 is 1.34. The Balaban J connectivity index is 1.29. The molecule has 2 unspecified atom stereocenters. The average molecular weight is 456 g/mol. The molecule has 2 aromatic rings. The summed E-state index contributed by atoms with van der Waals surface area (Å²) in [7, 11) is 0. The average Bonchev–Trinajstić information content (AvgIpc) is 3.24. The van der Waals surface area contributed by atoms with Crippen LogP contribution >= 0.6 is 11.8 Å². The molecule has 2 atom stereocenters. The molecule has 0 saturated carbocycles. The van der Waals surface area contributed by atoms with Gasteiger partial charge in [-0.25, -0.2) is 14.8 Å². The molecule has 0 radical (unpaired) electrons. The van der Waals surface area contributed by atoms with E-state index >= 15 is 0 Å². The largest absolute Gasteiger partial charge is 0.447 e. The highest BCUT2D eigenvalue weighted by Crippen LogP contribution is 2.29. The number of carbonyl (C=O) groups is 2. The summed E-state index contributed by atoms with van der Waals surface area (Å²) in [5.41, 5.74) is 1.52. The minimum atomic E-state index is -0.208. The molecule has 0 bridgehead atoms. The van der Waals surface area contributed by atoms with E-state index in [0.717, 1.165) is 30.7 Å². The summed E-state index contributed by atoms with van der Waals surface area (Å²) < 4.78 is 5.34. The molecule has 32 heavy (non-hydrogen) atoms. The fraction of sp³-hybridized carbons (Fsp3) is 0.522. The third kappa shape index (κ3) is 5.03. The third-order valence-electron chi connectivity index (χ3n) is 6.34. The van der Waals surface area contributed by atoms with E-state index in [1.807, 2.05) is 34.1 Å². The smallest absolute Gasteiger partial charge is 0.410 e. The van der Waals surface area contributed by atoms with Crippen molar-refractivity contribution in [3.8, 4) is 11.4 Å². The Labute approximate surface area is 192 Å². The van der Waals surface area contributed by atoms with Gasteiger partial charge in [0.05, 0.1) is 23.2 Å². The van der Waals surface area contributed by atoms with Gasteiger partial charge in [0.2, 0.25) is 5.91 Å². The minimum Gasteiger partial charge on any atom is -0.447 e. The lowest BCUT2D eigenvalue weighted by Gasteiger charge is -2.39. The van der Waals surface area contributed by atoms with Gasteiger partial charge in [-0.05, 0) is 37.0 Å². The number of pyridine rings is 1. The molecular formula is C23H29N5O3S. The number of ether oxygens (including phenoxy) is 1. The van der Waals surface area contributed by atoms with Crippen molar-refractivity contribution in [2.45, 2.75) is 50.4 Å². The monoisotopic (exact) mass is 455 g/mol. The van der Waals surface area contributed by atoms with Gasteiger partial charge in [-0.15, -0.1) is 0 Å². The van der Waals surface area contributed by atoms with Crippen LogP contribution in [0.25, 0.3) is 11.4 Å². The summed E-state index contributed by atoms with van der Waals surface area (Å²) in [6.07, 6.45) is 5.78. The molecule has 9 heteroatoms. The van der Waals surface area contributed by atoms with Crippen LogP contribution in [0, 0.1) is 5.92 Å². The summed E-state index contributed by atoms with van der Waals surface area (Å²) in [5, 5.41) is 0.563. The van der Waals surface area contributed by atoms with Crippen molar-refractivity contribution in [3.63, 3.8) is 0 Å². The van der Waals surface area contributed by atoms with Gasteiger partial charge in [0.15, 0.2) is 5.16 Å². The first-order valence-electron chi connectivity index (χ1n) is 11.2. The van der Waals surface area contributed by atoms with Crippen LogP contribution < -0.4 is 0 Å². The maximum atomic E-state index is 12.8. The Hall–Kier alpha value is -2.68. The van der Waals surface area contributed by atoms with Crippen LogP contribution in [-0.2, 0) is 9.53 Å². The van der Waals surface area contributed by atoms with Gasteiger partial charge in [-0.3, -0.25) is 14.7 Å². The molecule has 2 aromatic heterocycles. The molecule has 2 aliphatic rings. The van der Waals surface area contributed by atoms with Crippen LogP contribution in [0.15, 0.2) is 41.8 Å². The van der Waals surface area contributed by atoms with Crippen LogP contribution in [0.4, 0.5) is 4.79 Å². The first-order chi connectivity index (χ1) is 15.6. The number of amides is 2. The molecule has 4 rings (SSSR count). The number of cyclic esters (lactones) is 1. The van der Waals surface area contributed by atoms with Gasteiger partial charge in [0.25, 0.3) is 0 Å². The maximum absolute atomic E-state index is 12.8. The van der Waals surface area contributed by atoms with Crippen LogP contribution in [-0.4, -0.2) is 74.3 Å². The van der Waals surface area contributed by atoms with Crippen LogP contribution in [0.3, 0.4) is 0 Å². The number of rotatable bonds is 7. The van der Waals surface area contributed by atoms with Crippen molar-refractivity contribution >= 4 is 23.8 Å². The molecule has 0 N–H and O–H groups in total. The molecule has 2 saturated heterocycles. The fourth-order valence-electron chi connectivity index (χ4n) is 4.26. The van der Waals surface area contributed by atoms with Crippen molar-refractivity contribution < 1.29 is 14.3 Å². The molecule has 0 spiro atoms. The summed E-state index contributed by atoms with van der Waals surface area (Å²) in [5.74, 6) is 0.763. The van der Waals surface area contributed by atoms with Gasteiger partial charge in [-0.1, -0.05) is 38.1 Å². The van der Waals surface area contributed by atoms with Crippen LogP contribution in [0.5, 0.6) is 0 Å². The molecule has 2 aliphatic heterocycles. The van der Waals surface area contributed by atoms with Crippen molar-refractivity contribution in [2.75, 3.05) is 25.4 Å². The minimum absolute atomic E-state index is 0.0720. The summed E-state index contributed by atoms with van der Waals surface area (Å²) in [6.45, 7) is 6.08. The van der Waals surface area contributed by atoms with Gasteiger partial charge in [0.1, 0.15) is 6.61 Å². The number of piperidine rings is 1. The second-order valence-corrected chi connectivity index (χ2v) is 9.22. The normalized spacial score (nSPS) is 20.3. The van der Waals surface area contributed by atoms with Gasteiger partial charge >= 0.3 is 6.09 Å². The molecule has 2 amide bonds. The molecule has 0 aliphatic carbocycles. The van der Waals surface area contributed by atoms with Gasteiger partial charge < -0.3 is 9.64 Å². The number of carbonyl (C=O) groups excluding carboxylic acids is 2. The Morgan fingerprint density at radius 3 is 2.72 bits per heavy atom. The molecule has 4 heterocycles. The van der Waals surface area contributed by atoms with Crippen molar-refractivity contribution in [3.05, 3.63) is 36.7 Å². The van der Waals surface area contributed by atoms with Crippen molar-refractivity contribution in [1.29, 1.82) is 0 Å². The molecule has 8 nitrogen and oxygen atoms in total. The van der Waals surface area contributed by atoms with E-state index in [-0.39, 0.29) is 29.8 Å². The standard InChI is InChI=1S/C23H29N5O3S/c1-3-16(2)20-14-31-23(30)28(20)17-8-12-27(13-9-17)21(29)15-32-22-25-11-7-19(26-22)18-6-4-5-10-24-18/h4-7,10-11,16-17,20H,3,8-9,12-15H2,1-2H3. The predicted octanol–water partition coefficient (Wildman–Crippen LogP) is 3.49. The van der Waals surface area contributed by atoms with E-state index in [1.165, 1.54) is 11.8 Å². The van der Waals surface area contributed by atoms with E-state index in [4.69, 9.17) is 4.74 Å². The number of hydrogen-bond donors (Lipinski definition) is 0. The Bertz CT molecular complexity index is 936. The Morgan fingerprint density at radius 1 is 1.19 bits per heavy atom. The number of nitrogens with zero attached hydrogens (tertiary/aromatic N) is 5. The van der Waals surface area contributed by atoms with E-state index in [2.05, 4.69) is 28.8 Å². The third-order valence-corrected chi connectivity index (χ3v) is 7.19. The van der Waals surface area contributed by atoms with Crippen LogP contribution in [0.1, 0.15) is 33.1 Å². The lowest BCUT2D eigenvalue weighted by molar-refractivity contribution is -0.129. The number of hydrogen-bond acceptors (Lipinski definition) is 7. The summed E-state index contributed by atoms with van der Waals surface area (Å²) in [6, 6.07) is 7.76. The van der Waals surface area contributed by atoms with E-state index in [0.29, 0.717) is 30.8 Å². The Morgan fingerprint density at radius 2 is 2.00 bits per heavy atom. The number of thioether (sulfide) groups is 1. The van der Waals surface area contributed by atoms with Gasteiger partial charge in [0, 0.05) is 31.5 Å². The predicted molar refractivity (Wildman–Crippen MR) is 122 cm³/mol. The van der Waals surface area contributed by atoms with E-state index in [9.17, 15) is 9.59 Å². The highest BCUT2D eigenvalue weighted by Gasteiger charge is 2.41. The second kappa shape index (κ2) is 10.3. The second-order valence-electron chi connectivity index (χ2n) is 8.28.